The Morgan fingerprint density at radius 3 is 2.72 bits per heavy atom. The molecule has 0 radical (unpaired) electrons. The second kappa shape index (κ2) is 8.27. The van der Waals surface area contributed by atoms with E-state index in [0.717, 1.165) is 35.9 Å². The van der Waals surface area contributed by atoms with Crippen LogP contribution >= 0.6 is 11.6 Å². The zero-order valence-corrected chi connectivity index (χ0v) is 17.1. The van der Waals surface area contributed by atoms with Crippen LogP contribution in [0.4, 0.5) is 0 Å². The highest BCUT2D eigenvalue weighted by Gasteiger charge is 2.28. The van der Waals surface area contributed by atoms with E-state index in [2.05, 4.69) is 14.5 Å². The van der Waals surface area contributed by atoms with Gasteiger partial charge in [-0.2, -0.15) is 8.42 Å². The van der Waals surface area contributed by atoms with Gasteiger partial charge in [0.2, 0.25) is 5.88 Å². The van der Waals surface area contributed by atoms with Gasteiger partial charge in [-0.1, -0.05) is 23.7 Å². The number of aromatic nitrogens is 3. The van der Waals surface area contributed by atoms with Crippen molar-refractivity contribution < 1.29 is 17.3 Å². The summed E-state index contributed by atoms with van der Waals surface area (Å²) in [7, 11) is -3.91. The molecule has 29 heavy (non-hydrogen) atoms. The number of benzene rings is 1. The average molecular weight is 437 g/mol. The Labute approximate surface area is 173 Å². The molecule has 4 rings (SSSR count). The minimum Gasteiger partial charge on any atom is -0.472 e. The lowest BCUT2D eigenvalue weighted by Gasteiger charge is -2.14. The molecule has 154 valence electrons. The van der Waals surface area contributed by atoms with E-state index in [1.54, 1.807) is 0 Å². The van der Waals surface area contributed by atoms with Gasteiger partial charge >= 0.3 is 10.3 Å². The van der Waals surface area contributed by atoms with Crippen LogP contribution in [0, 0.1) is 5.92 Å². The molecule has 0 bridgehead atoms. The van der Waals surface area contributed by atoms with E-state index in [0.29, 0.717) is 17.5 Å². The van der Waals surface area contributed by atoms with Crippen molar-refractivity contribution in [1.29, 1.82) is 0 Å². The van der Waals surface area contributed by atoms with Crippen LogP contribution in [0.3, 0.4) is 0 Å². The summed E-state index contributed by atoms with van der Waals surface area (Å²) in [6, 6.07) is 9.62. The summed E-state index contributed by atoms with van der Waals surface area (Å²) in [5, 5.41) is 6.44. The van der Waals surface area contributed by atoms with Gasteiger partial charge in [-0.05, 0) is 48.9 Å². The lowest BCUT2D eigenvalue weighted by Crippen LogP contribution is -2.19. The lowest BCUT2D eigenvalue weighted by atomic mass is 10.1. The Balaban J connectivity index is 1.47. The van der Waals surface area contributed by atoms with Crippen LogP contribution in [0.5, 0.6) is 5.88 Å². The Kier molecular flexibility index (Phi) is 5.73. The zero-order valence-electron chi connectivity index (χ0n) is 15.6. The lowest BCUT2D eigenvalue weighted by molar-refractivity contribution is 0.253. The minimum atomic E-state index is -3.91. The molecule has 2 atom stereocenters. The van der Waals surface area contributed by atoms with Crippen molar-refractivity contribution in [2.24, 2.45) is 11.1 Å². The fraction of sp³-hybridized carbons (Fsp3) is 0.368. The summed E-state index contributed by atoms with van der Waals surface area (Å²) in [5.41, 5.74) is 1.79. The van der Waals surface area contributed by atoms with Gasteiger partial charge in [0, 0.05) is 17.3 Å². The summed E-state index contributed by atoms with van der Waals surface area (Å²) in [5.74, 6) is 0.661. The molecule has 1 aromatic carbocycles. The molecule has 10 heteroatoms. The first-order chi connectivity index (χ1) is 13.9. The van der Waals surface area contributed by atoms with Gasteiger partial charge in [0.15, 0.2) is 0 Å². The number of hydrogen-bond acceptors (Lipinski definition) is 6. The molecule has 0 unspecified atom stereocenters. The van der Waals surface area contributed by atoms with Crippen molar-refractivity contribution >= 4 is 32.9 Å². The molecule has 0 spiro atoms. The fourth-order valence-corrected chi connectivity index (χ4v) is 4.24. The highest BCUT2D eigenvalue weighted by atomic mass is 35.5. The number of nitrogens with zero attached hydrogens (tertiary/aromatic N) is 3. The van der Waals surface area contributed by atoms with E-state index in [9.17, 15) is 8.42 Å². The quantitative estimate of drug-likeness (QED) is 0.608. The van der Waals surface area contributed by atoms with Crippen LogP contribution in [-0.4, -0.2) is 29.6 Å². The predicted molar refractivity (Wildman–Crippen MR) is 109 cm³/mol. The van der Waals surface area contributed by atoms with Crippen molar-refractivity contribution in [3.63, 3.8) is 0 Å². The van der Waals surface area contributed by atoms with Gasteiger partial charge in [0.25, 0.3) is 0 Å². The van der Waals surface area contributed by atoms with E-state index < -0.39 is 10.3 Å². The largest absolute Gasteiger partial charge is 0.472 e. The first-order valence-electron chi connectivity index (χ1n) is 9.25. The normalized spacial score (nSPS) is 19.7. The molecular weight excluding hydrogens is 416 g/mol. The summed E-state index contributed by atoms with van der Waals surface area (Å²) in [6.07, 6.45) is 6.04. The molecule has 2 N–H and O–H groups in total. The summed E-state index contributed by atoms with van der Waals surface area (Å²) >= 11 is 5.92. The Morgan fingerprint density at radius 1 is 1.17 bits per heavy atom. The zero-order chi connectivity index (χ0) is 20.4. The second-order valence-corrected chi connectivity index (χ2v) is 8.82. The van der Waals surface area contributed by atoms with Crippen LogP contribution in [0.2, 0.25) is 5.02 Å². The van der Waals surface area contributed by atoms with E-state index >= 15 is 0 Å². The number of halogens is 1. The first-order valence-corrected chi connectivity index (χ1v) is 11.1. The van der Waals surface area contributed by atoms with Crippen molar-refractivity contribution in [2.75, 3.05) is 6.61 Å². The highest BCUT2D eigenvalue weighted by Crippen LogP contribution is 2.37. The number of hydrogen-bond donors (Lipinski definition) is 1. The maximum atomic E-state index is 11.0. The van der Waals surface area contributed by atoms with E-state index in [4.69, 9.17) is 25.7 Å². The van der Waals surface area contributed by atoms with E-state index in [1.165, 1.54) is 6.33 Å². The number of fused-ring (bicyclic) bond motifs is 1. The molecule has 1 aliphatic rings. The van der Waals surface area contributed by atoms with Gasteiger partial charge < -0.3 is 9.30 Å². The maximum Gasteiger partial charge on any atom is 0.333 e. The molecule has 1 saturated carbocycles. The molecule has 2 aromatic heterocycles. The van der Waals surface area contributed by atoms with Crippen molar-refractivity contribution in [2.45, 2.75) is 31.9 Å². The second-order valence-electron chi connectivity index (χ2n) is 7.16. The molecule has 0 aliphatic heterocycles. The fourth-order valence-electron chi connectivity index (χ4n) is 3.73. The third-order valence-corrected chi connectivity index (χ3v) is 5.85. The molecule has 0 saturated heterocycles. The van der Waals surface area contributed by atoms with Crippen LogP contribution in [0.25, 0.3) is 11.0 Å². The van der Waals surface area contributed by atoms with Crippen molar-refractivity contribution in [1.82, 2.24) is 14.5 Å². The number of nitrogens with two attached hydrogens (primary N) is 1. The third-order valence-electron chi connectivity index (χ3n) is 5.14. The smallest absolute Gasteiger partial charge is 0.333 e. The number of ether oxygens (including phenoxy) is 1. The summed E-state index contributed by atoms with van der Waals surface area (Å²) < 4.78 is 34.8. The van der Waals surface area contributed by atoms with Gasteiger partial charge in [0.1, 0.15) is 18.6 Å². The van der Waals surface area contributed by atoms with Crippen LogP contribution in [-0.2, 0) is 21.1 Å². The van der Waals surface area contributed by atoms with E-state index in [1.807, 2.05) is 36.5 Å². The van der Waals surface area contributed by atoms with Crippen LogP contribution < -0.4 is 9.88 Å². The Hall–Kier alpha value is -2.20. The first kappa shape index (κ1) is 20.1. The molecular formula is C19H21ClN4O4S. The highest BCUT2D eigenvalue weighted by molar-refractivity contribution is 7.84. The van der Waals surface area contributed by atoms with Crippen LogP contribution in [0.15, 0.2) is 42.9 Å². The molecule has 8 nitrogen and oxygen atoms in total. The Morgan fingerprint density at radius 2 is 1.97 bits per heavy atom. The molecule has 1 aliphatic carbocycles. The average Bonchev–Trinajstić information content (AvgIpc) is 3.32. The Bertz CT molecular complexity index is 1100. The van der Waals surface area contributed by atoms with Crippen molar-refractivity contribution in [3.8, 4) is 5.88 Å². The summed E-state index contributed by atoms with van der Waals surface area (Å²) in [6.45, 7) is 0.490. The monoisotopic (exact) mass is 436 g/mol. The molecule has 2 heterocycles. The van der Waals surface area contributed by atoms with Gasteiger partial charge in [-0.15, -0.1) is 0 Å². The standard InChI is InChI=1S/C19H21ClN4O4S/c20-15-4-1-13(2-5-15)10-27-19-17-7-8-24(18(17)22-12-23-19)16-6-3-14(9-16)11-28-29(21,25)26/h1-2,4-5,7-8,12,14,16H,3,6,9-11H2,(H2,21,25,26)/t14-,16-/m0/s1. The van der Waals surface area contributed by atoms with E-state index in [-0.39, 0.29) is 18.6 Å². The van der Waals surface area contributed by atoms with Crippen molar-refractivity contribution in [3.05, 3.63) is 53.4 Å². The molecule has 1 fully saturated rings. The van der Waals surface area contributed by atoms with Gasteiger partial charge in [-0.25, -0.2) is 15.1 Å². The van der Waals surface area contributed by atoms with Gasteiger partial charge in [-0.3, -0.25) is 4.18 Å². The SMILES string of the molecule is NS(=O)(=O)OC[C@H]1CC[C@H](n2ccc3c(OCc4ccc(Cl)cc4)ncnc32)C1. The molecule has 0 amide bonds. The molecule has 3 aromatic rings. The topological polar surface area (TPSA) is 109 Å². The summed E-state index contributed by atoms with van der Waals surface area (Å²) in [4.78, 5) is 8.71. The number of rotatable bonds is 7. The third kappa shape index (κ3) is 4.87. The minimum absolute atomic E-state index is 0.110. The van der Waals surface area contributed by atoms with Crippen LogP contribution in [0.1, 0.15) is 30.9 Å². The maximum absolute atomic E-state index is 11.0. The predicted octanol–water partition coefficient (Wildman–Crippen LogP) is 3.23. The van der Waals surface area contributed by atoms with Gasteiger partial charge in [0.05, 0.1) is 12.0 Å².